The highest BCUT2D eigenvalue weighted by Gasteiger charge is 2.48. The number of imide groups is 1. The van der Waals surface area contributed by atoms with E-state index >= 15 is 0 Å². The lowest BCUT2D eigenvalue weighted by Crippen LogP contribution is -2.63. The molecule has 7 nitrogen and oxygen atoms in total. The van der Waals surface area contributed by atoms with Crippen molar-refractivity contribution in [3.63, 3.8) is 0 Å². The quantitative estimate of drug-likeness (QED) is 0.695. The van der Waals surface area contributed by atoms with E-state index in [1.807, 2.05) is 4.90 Å². The smallest absolute Gasteiger partial charge is 0.325 e. The number of unbranched alkanes of at least 4 members (excludes halogenated alkanes) is 2. The summed E-state index contributed by atoms with van der Waals surface area (Å²) in [4.78, 5) is 31.8. The van der Waals surface area contributed by atoms with Crippen LogP contribution in [0.3, 0.4) is 0 Å². The number of thioether (sulfide) groups is 1. The lowest BCUT2D eigenvalue weighted by atomic mass is 10.1. The van der Waals surface area contributed by atoms with Crippen LogP contribution in [0, 0.1) is 0 Å². The van der Waals surface area contributed by atoms with Crippen molar-refractivity contribution in [3.05, 3.63) is 0 Å². The average molecular weight is 314 g/mol. The standard InChI is InChI=1S/C13H22N4O3S/c1-3-4-5-6-17-9-10(14-13(17)21-8-7-18)16(2)12(20)15-11(9)19/h9-10,18H,3-8H2,1-2H3,(H,15,19,20). The third-order valence-corrected chi connectivity index (χ3v) is 4.63. The van der Waals surface area contributed by atoms with Gasteiger partial charge in [-0.2, -0.15) is 0 Å². The number of aliphatic hydroxyl groups is 1. The number of likely N-dealkylation sites (N-methyl/N-ethyl adjacent to an activating group) is 1. The van der Waals surface area contributed by atoms with Gasteiger partial charge in [-0.05, 0) is 6.42 Å². The number of hydrogen-bond acceptors (Lipinski definition) is 6. The highest BCUT2D eigenvalue weighted by Crippen LogP contribution is 2.28. The monoisotopic (exact) mass is 314 g/mol. The van der Waals surface area contributed by atoms with Crippen molar-refractivity contribution in [1.29, 1.82) is 0 Å². The van der Waals surface area contributed by atoms with E-state index in [-0.39, 0.29) is 12.5 Å². The molecule has 0 aromatic carbocycles. The van der Waals surface area contributed by atoms with Crippen LogP contribution in [0.5, 0.6) is 0 Å². The fourth-order valence-electron chi connectivity index (χ4n) is 2.52. The number of amidine groups is 1. The Labute approximate surface area is 128 Å². The minimum atomic E-state index is -0.464. The van der Waals surface area contributed by atoms with Crippen LogP contribution in [0.15, 0.2) is 4.99 Å². The number of carbonyl (C=O) groups is 2. The van der Waals surface area contributed by atoms with Crippen molar-refractivity contribution in [2.75, 3.05) is 26.0 Å². The Morgan fingerprint density at radius 3 is 2.81 bits per heavy atom. The van der Waals surface area contributed by atoms with E-state index in [1.54, 1.807) is 7.05 Å². The van der Waals surface area contributed by atoms with Crippen LogP contribution < -0.4 is 5.32 Å². The molecule has 2 rings (SSSR count). The van der Waals surface area contributed by atoms with Gasteiger partial charge in [0.15, 0.2) is 17.4 Å². The minimum absolute atomic E-state index is 0.0583. The number of hydrogen-bond donors (Lipinski definition) is 2. The molecule has 1 fully saturated rings. The predicted molar refractivity (Wildman–Crippen MR) is 82.1 cm³/mol. The molecule has 0 aliphatic carbocycles. The summed E-state index contributed by atoms with van der Waals surface area (Å²) < 4.78 is 0. The largest absolute Gasteiger partial charge is 0.396 e. The maximum absolute atomic E-state index is 12.2. The fourth-order valence-corrected chi connectivity index (χ4v) is 3.35. The Hall–Kier alpha value is -1.28. The maximum atomic E-state index is 12.2. The normalized spacial score (nSPS) is 25.0. The molecule has 0 saturated carbocycles. The number of fused-ring (bicyclic) bond motifs is 1. The molecule has 1 saturated heterocycles. The molecule has 118 valence electrons. The van der Waals surface area contributed by atoms with E-state index in [0.717, 1.165) is 31.0 Å². The van der Waals surface area contributed by atoms with Gasteiger partial charge in [0.05, 0.1) is 6.61 Å². The Morgan fingerprint density at radius 2 is 2.14 bits per heavy atom. The van der Waals surface area contributed by atoms with Crippen molar-refractivity contribution in [3.8, 4) is 0 Å². The molecule has 2 atom stereocenters. The van der Waals surface area contributed by atoms with Crippen molar-refractivity contribution >= 4 is 28.9 Å². The molecule has 0 spiro atoms. The van der Waals surface area contributed by atoms with E-state index in [0.29, 0.717) is 5.75 Å². The second kappa shape index (κ2) is 7.13. The summed E-state index contributed by atoms with van der Waals surface area (Å²) in [6.07, 6.45) is 2.70. The third-order valence-electron chi connectivity index (χ3n) is 3.65. The Balaban J connectivity index is 2.16. The van der Waals surface area contributed by atoms with Crippen molar-refractivity contribution in [1.82, 2.24) is 15.1 Å². The number of amides is 3. The number of aliphatic imine (C=N–C) groups is 1. The summed E-state index contributed by atoms with van der Waals surface area (Å²) in [6, 6.07) is -0.863. The molecule has 2 unspecified atom stereocenters. The van der Waals surface area contributed by atoms with Crippen molar-refractivity contribution < 1.29 is 14.7 Å². The van der Waals surface area contributed by atoms with Crippen LogP contribution in [0.2, 0.25) is 0 Å². The minimum Gasteiger partial charge on any atom is -0.396 e. The topological polar surface area (TPSA) is 85.2 Å². The molecule has 0 aromatic heterocycles. The van der Waals surface area contributed by atoms with E-state index in [9.17, 15) is 9.59 Å². The SMILES string of the molecule is CCCCCN1C(SCCO)=NC2C1C(=O)NC(=O)N2C. The van der Waals surface area contributed by atoms with Crippen LogP contribution in [0.1, 0.15) is 26.2 Å². The first-order valence-electron chi connectivity index (χ1n) is 7.26. The molecular weight excluding hydrogens is 292 g/mol. The molecule has 2 aliphatic heterocycles. The molecule has 3 amide bonds. The van der Waals surface area contributed by atoms with Crippen molar-refractivity contribution in [2.24, 2.45) is 4.99 Å². The van der Waals surface area contributed by atoms with Gasteiger partial charge < -0.3 is 14.9 Å². The van der Waals surface area contributed by atoms with Crippen LogP contribution in [-0.4, -0.2) is 70.2 Å². The molecular formula is C13H22N4O3S. The summed E-state index contributed by atoms with van der Waals surface area (Å²) in [7, 11) is 1.65. The first kappa shape index (κ1) is 16.1. The Morgan fingerprint density at radius 1 is 1.38 bits per heavy atom. The molecule has 0 radical (unpaired) electrons. The lowest BCUT2D eigenvalue weighted by molar-refractivity contribution is -0.127. The van der Waals surface area contributed by atoms with Crippen LogP contribution in [0.25, 0.3) is 0 Å². The number of carbonyl (C=O) groups excluding carboxylic acids is 2. The van der Waals surface area contributed by atoms with Gasteiger partial charge in [-0.1, -0.05) is 31.5 Å². The van der Waals surface area contributed by atoms with Gasteiger partial charge in [0.25, 0.3) is 5.91 Å². The second-order valence-corrected chi connectivity index (χ2v) is 6.21. The molecule has 0 bridgehead atoms. The predicted octanol–water partition coefficient (Wildman–Crippen LogP) is 0.450. The summed E-state index contributed by atoms with van der Waals surface area (Å²) >= 11 is 1.43. The average Bonchev–Trinajstić information content (AvgIpc) is 2.82. The number of rotatable bonds is 6. The van der Waals surface area contributed by atoms with E-state index < -0.39 is 18.2 Å². The highest BCUT2D eigenvalue weighted by atomic mass is 32.2. The molecule has 2 aliphatic rings. The van der Waals surface area contributed by atoms with Gasteiger partial charge in [-0.3, -0.25) is 10.1 Å². The van der Waals surface area contributed by atoms with Crippen LogP contribution in [0.4, 0.5) is 4.79 Å². The molecule has 2 N–H and O–H groups in total. The summed E-state index contributed by atoms with van der Waals surface area (Å²) in [5, 5.41) is 12.1. The second-order valence-electron chi connectivity index (χ2n) is 5.15. The van der Waals surface area contributed by atoms with E-state index in [1.165, 1.54) is 16.7 Å². The van der Waals surface area contributed by atoms with Crippen LogP contribution >= 0.6 is 11.8 Å². The van der Waals surface area contributed by atoms with Gasteiger partial charge in [0.2, 0.25) is 0 Å². The first-order chi connectivity index (χ1) is 10.1. The number of nitrogens with zero attached hydrogens (tertiary/aromatic N) is 3. The number of urea groups is 1. The Bertz CT molecular complexity index is 443. The molecule has 21 heavy (non-hydrogen) atoms. The number of nitrogens with one attached hydrogen (secondary N) is 1. The summed E-state index contributed by atoms with van der Waals surface area (Å²) in [6.45, 7) is 2.92. The van der Waals surface area contributed by atoms with E-state index in [4.69, 9.17) is 5.11 Å². The highest BCUT2D eigenvalue weighted by molar-refractivity contribution is 8.13. The zero-order valence-corrected chi connectivity index (χ0v) is 13.2. The number of aliphatic hydroxyl groups excluding tert-OH is 1. The summed E-state index contributed by atoms with van der Waals surface area (Å²) in [5.74, 6) is 0.241. The lowest BCUT2D eigenvalue weighted by Gasteiger charge is -2.36. The van der Waals surface area contributed by atoms with Gasteiger partial charge in [0.1, 0.15) is 0 Å². The third kappa shape index (κ3) is 3.32. The zero-order chi connectivity index (χ0) is 15.4. The fraction of sp³-hybridized carbons (Fsp3) is 0.769. The van der Waals surface area contributed by atoms with Crippen LogP contribution in [-0.2, 0) is 4.79 Å². The van der Waals surface area contributed by atoms with Crippen molar-refractivity contribution in [2.45, 2.75) is 38.4 Å². The first-order valence-corrected chi connectivity index (χ1v) is 8.24. The molecule has 8 heteroatoms. The maximum Gasteiger partial charge on any atom is 0.325 e. The molecule has 0 aromatic rings. The van der Waals surface area contributed by atoms with Gasteiger partial charge >= 0.3 is 6.03 Å². The van der Waals surface area contributed by atoms with Gasteiger partial charge in [0, 0.05) is 19.3 Å². The Kier molecular flexibility index (Phi) is 5.46. The zero-order valence-electron chi connectivity index (χ0n) is 12.4. The van der Waals surface area contributed by atoms with E-state index in [2.05, 4.69) is 17.2 Å². The summed E-state index contributed by atoms with van der Waals surface area (Å²) in [5.41, 5.74) is 0. The van der Waals surface area contributed by atoms with Gasteiger partial charge in [-0.15, -0.1) is 0 Å². The molecule has 2 heterocycles. The van der Waals surface area contributed by atoms with Gasteiger partial charge in [-0.25, -0.2) is 9.79 Å².